The molecule has 0 amide bonds. The highest BCUT2D eigenvalue weighted by atomic mass is 16.3. The molecule has 0 bridgehead atoms. The Bertz CT molecular complexity index is 342. The van der Waals surface area contributed by atoms with Gasteiger partial charge in [-0.25, -0.2) is 4.98 Å². The van der Waals surface area contributed by atoms with Crippen molar-refractivity contribution < 1.29 is 10.2 Å². The highest BCUT2D eigenvalue weighted by Gasteiger charge is 2.08. The first kappa shape index (κ1) is 13.9. The van der Waals surface area contributed by atoms with E-state index in [0.29, 0.717) is 6.54 Å². The number of anilines is 1. The summed E-state index contributed by atoms with van der Waals surface area (Å²) in [4.78, 5) is 6.58. The van der Waals surface area contributed by atoms with Crippen LogP contribution in [0.1, 0.15) is 31.5 Å². The molecule has 96 valence electrons. The van der Waals surface area contributed by atoms with Crippen molar-refractivity contribution in [1.29, 1.82) is 0 Å². The molecule has 1 aromatic rings. The summed E-state index contributed by atoms with van der Waals surface area (Å²) in [5, 5.41) is 18.3. The summed E-state index contributed by atoms with van der Waals surface area (Å²) in [6.07, 6.45) is 1.95. The predicted molar refractivity (Wildman–Crippen MR) is 69.1 cm³/mol. The number of aromatic nitrogens is 1. The number of aliphatic hydroxyl groups excluding tert-OH is 2. The first-order valence-corrected chi connectivity index (χ1v) is 6.21. The number of aryl methyl sites for hydroxylation is 1. The van der Waals surface area contributed by atoms with E-state index in [1.807, 2.05) is 24.0 Å². The van der Waals surface area contributed by atoms with Crippen molar-refractivity contribution in [2.24, 2.45) is 0 Å². The number of hydrogen-bond donors (Lipinski definition) is 2. The summed E-state index contributed by atoms with van der Waals surface area (Å²) < 4.78 is 0. The second kappa shape index (κ2) is 7.25. The molecule has 17 heavy (non-hydrogen) atoms. The van der Waals surface area contributed by atoms with E-state index in [9.17, 15) is 5.11 Å². The molecule has 0 aliphatic carbocycles. The normalized spacial score (nSPS) is 10.6. The van der Waals surface area contributed by atoms with Gasteiger partial charge < -0.3 is 15.1 Å². The van der Waals surface area contributed by atoms with Crippen molar-refractivity contribution in [2.75, 3.05) is 24.6 Å². The molecule has 0 saturated carbocycles. The van der Waals surface area contributed by atoms with Gasteiger partial charge in [-0.05, 0) is 31.0 Å². The van der Waals surface area contributed by atoms with Crippen LogP contribution in [-0.2, 0) is 13.0 Å². The monoisotopic (exact) mass is 238 g/mol. The molecule has 1 aromatic heterocycles. The van der Waals surface area contributed by atoms with Crippen molar-refractivity contribution in [3.63, 3.8) is 0 Å². The molecule has 4 nitrogen and oxygen atoms in total. The Kier molecular flexibility index (Phi) is 5.94. The minimum Gasteiger partial charge on any atom is -0.395 e. The highest BCUT2D eigenvalue weighted by Crippen LogP contribution is 2.16. The van der Waals surface area contributed by atoms with Gasteiger partial charge in [-0.15, -0.1) is 0 Å². The van der Waals surface area contributed by atoms with Crippen molar-refractivity contribution in [1.82, 2.24) is 4.98 Å². The topological polar surface area (TPSA) is 56.6 Å². The molecule has 0 atom stereocenters. The van der Waals surface area contributed by atoms with E-state index >= 15 is 0 Å². The summed E-state index contributed by atoms with van der Waals surface area (Å²) in [6.45, 7) is 5.66. The second-order valence-electron chi connectivity index (χ2n) is 4.04. The van der Waals surface area contributed by atoms with E-state index in [0.717, 1.165) is 36.5 Å². The van der Waals surface area contributed by atoms with E-state index in [1.165, 1.54) is 0 Å². The lowest BCUT2D eigenvalue weighted by Gasteiger charge is -2.22. The van der Waals surface area contributed by atoms with E-state index in [4.69, 9.17) is 5.11 Å². The fraction of sp³-hybridized carbons (Fsp3) is 0.615. The standard InChI is InChI=1S/C13H22N2O2/c1-3-5-12-8-11(10-17)9-13(14-12)15(4-2)6-7-16/h8-9,16-17H,3-7,10H2,1-2H3. The third-order valence-electron chi connectivity index (χ3n) is 2.69. The lowest BCUT2D eigenvalue weighted by atomic mass is 10.1. The molecule has 1 rings (SSSR count). The fourth-order valence-electron chi connectivity index (χ4n) is 1.83. The Labute approximate surface area is 103 Å². The van der Waals surface area contributed by atoms with Crippen molar-refractivity contribution >= 4 is 5.82 Å². The van der Waals surface area contributed by atoms with E-state index in [2.05, 4.69) is 11.9 Å². The molecule has 0 spiro atoms. The SMILES string of the molecule is CCCc1cc(CO)cc(N(CC)CCO)n1. The quantitative estimate of drug-likeness (QED) is 0.753. The first-order chi connectivity index (χ1) is 8.24. The fourth-order valence-corrected chi connectivity index (χ4v) is 1.83. The van der Waals surface area contributed by atoms with Gasteiger partial charge in [0, 0.05) is 18.8 Å². The van der Waals surface area contributed by atoms with Crippen LogP contribution in [0.4, 0.5) is 5.82 Å². The largest absolute Gasteiger partial charge is 0.395 e. The van der Waals surface area contributed by atoms with Gasteiger partial charge in [0.15, 0.2) is 0 Å². The molecule has 0 unspecified atom stereocenters. The molecule has 0 radical (unpaired) electrons. The highest BCUT2D eigenvalue weighted by molar-refractivity contribution is 5.42. The van der Waals surface area contributed by atoms with Gasteiger partial charge in [-0.1, -0.05) is 13.3 Å². The molecule has 1 heterocycles. The zero-order chi connectivity index (χ0) is 12.7. The summed E-state index contributed by atoms with van der Waals surface area (Å²) in [7, 11) is 0. The Hall–Kier alpha value is -1.13. The van der Waals surface area contributed by atoms with Crippen LogP contribution in [0.5, 0.6) is 0 Å². The molecule has 0 fully saturated rings. The van der Waals surface area contributed by atoms with Crippen LogP contribution in [0.25, 0.3) is 0 Å². The Morgan fingerprint density at radius 3 is 2.53 bits per heavy atom. The number of nitrogens with zero attached hydrogens (tertiary/aromatic N) is 2. The summed E-state index contributed by atoms with van der Waals surface area (Å²) in [5.74, 6) is 0.844. The molecule has 0 aliphatic heterocycles. The van der Waals surface area contributed by atoms with Gasteiger partial charge in [-0.3, -0.25) is 0 Å². The van der Waals surface area contributed by atoms with Crippen LogP contribution in [0.15, 0.2) is 12.1 Å². The maximum atomic E-state index is 9.24. The molecule has 4 heteroatoms. The summed E-state index contributed by atoms with van der Waals surface area (Å²) in [6, 6.07) is 3.83. The Morgan fingerprint density at radius 1 is 1.24 bits per heavy atom. The number of pyridine rings is 1. The van der Waals surface area contributed by atoms with Gasteiger partial charge >= 0.3 is 0 Å². The summed E-state index contributed by atoms with van der Waals surface area (Å²) in [5.41, 5.74) is 1.89. The van der Waals surface area contributed by atoms with Crippen LogP contribution >= 0.6 is 0 Å². The number of likely N-dealkylation sites (N-methyl/N-ethyl adjacent to an activating group) is 1. The van der Waals surface area contributed by atoms with Crippen LogP contribution in [0.3, 0.4) is 0 Å². The van der Waals surface area contributed by atoms with Gasteiger partial charge in [-0.2, -0.15) is 0 Å². The van der Waals surface area contributed by atoms with Crippen molar-refractivity contribution in [3.05, 3.63) is 23.4 Å². The number of hydrogen-bond acceptors (Lipinski definition) is 4. The number of aliphatic hydroxyl groups is 2. The number of rotatable bonds is 7. The van der Waals surface area contributed by atoms with Crippen LogP contribution < -0.4 is 4.90 Å². The van der Waals surface area contributed by atoms with Crippen LogP contribution in [0.2, 0.25) is 0 Å². The maximum absolute atomic E-state index is 9.24. The lowest BCUT2D eigenvalue weighted by molar-refractivity contribution is 0.281. The average molecular weight is 238 g/mol. The predicted octanol–water partition coefficient (Wildman–Crippen LogP) is 1.34. The molecule has 0 saturated heterocycles. The second-order valence-corrected chi connectivity index (χ2v) is 4.04. The van der Waals surface area contributed by atoms with E-state index in [1.54, 1.807) is 0 Å². The third-order valence-corrected chi connectivity index (χ3v) is 2.69. The van der Waals surface area contributed by atoms with E-state index < -0.39 is 0 Å². The molecular weight excluding hydrogens is 216 g/mol. The minimum atomic E-state index is 0.0307. The smallest absolute Gasteiger partial charge is 0.129 e. The van der Waals surface area contributed by atoms with Crippen molar-refractivity contribution in [3.8, 4) is 0 Å². The summed E-state index contributed by atoms with van der Waals surface area (Å²) >= 11 is 0. The molecule has 0 aliphatic rings. The zero-order valence-electron chi connectivity index (χ0n) is 10.7. The van der Waals surface area contributed by atoms with Gasteiger partial charge in [0.05, 0.1) is 13.2 Å². The Balaban J connectivity index is 2.99. The molecular formula is C13H22N2O2. The third kappa shape index (κ3) is 3.98. The van der Waals surface area contributed by atoms with Crippen LogP contribution in [-0.4, -0.2) is 34.9 Å². The maximum Gasteiger partial charge on any atom is 0.129 e. The van der Waals surface area contributed by atoms with Crippen molar-refractivity contribution in [2.45, 2.75) is 33.3 Å². The molecule has 2 N–H and O–H groups in total. The lowest BCUT2D eigenvalue weighted by Crippen LogP contribution is -2.27. The van der Waals surface area contributed by atoms with Gasteiger partial charge in [0.25, 0.3) is 0 Å². The average Bonchev–Trinajstić information content (AvgIpc) is 2.35. The Morgan fingerprint density at radius 2 is 2.00 bits per heavy atom. The van der Waals surface area contributed by atoms with Gasteiger partial charge in [0.1, 0.15) is 5.82 Å². The molecule has 0 aromatic carbocycles. The van der Waals surface area contributed by atoms with Gasteiger partial charge in [0.2, 0.25) is 0 Å². The van der Waals surface area contributed by atoms with E-state index in [-0.39, 0.29) is 13.2 Å². The first-order valence-electron chi connectivity index (χ1n) is 6.21. The zero-order valence-corrected chi connectivity index (χ0v) is 10.7. The minimum absolute atomic E-state index is 0.0307. The van der Waals surface area contributed by atoms with Crippen LogP contribution in [0, 0.1) is 0 Å².